The summed E-state index contributed by atoms with van der Waals surface area (Å²) >= 11 is 0. The van der Waals surface area contributed by atoms with Crippen molar-refractivity contribution in [3.05, 3.63) is 47.9 Å². The summed E-state index contributed by atoms with van der Waals surface area (Å²) in [6, 6.07) is 10.2. The van der Waals surface area contributed by atoms with E-state index in [4.69, 9.17) is 10.2 Å². The van der Waals surface area contributed by atoms with Crippen molar-refractivity contribution in [2.75, 3.05) is 5.73 Å². The fraction of sp³-hybridized carbons (Fsp3) is 0.133. The van der Waals surface area contributed by atoms with Gasteiger partial charge in [-0.05, 0) is 25.5 Å². The topological polar surface area (TPSA) is 67.8 Å². The molecule has 0 saturated heterocycles. The Morgan fingerprint density at radius 3 is 2.47 bits per heavy atom. The molecule has 3 N–H and O–H groups in total. The number of aromatic nitrogens is 2. The van der Waals surface area contributed by atoms with Crippen molar-refractivity contribution < 1.29 is 4.42 Å². The number of furan rings is 1. The average molecular weight is 253 g/mol. The molecular weight excluding hydrogens is 238 g/mol. The SMILES string of the molecule is Cc1ccc(-c2c(N)n[nH]c2-c2coc(C)c2)cc1. The van der Waals surface area contributed by atoms with Gasteiger partial charge in [-0.2, -0.15) is 5.10 Å². The summed E-state index contributed by atoms with van der Waals surface area (Å²) in [5.41, 5.74) is 11.0. The normalized spacial score (nSPS) is 10.8. The number of benzene rings is 1. The van der Waals surface area contributed by atoms with Crippen LogP contribution in [0.2, 0.25) is 0 Å². The van der Waals surface area contributed by atoms with Gasteiger partial charge in [0.1, 0.15) is 12.0 Å². The number of nitrogen functional groups attached to an aromatic ring is 1. The lowest BCUT2D eigenvalue weighted by Gasteiger charge is -2.03. The van der Waals surface area contributed by atoms with E-state index < -0.39 is 0 Å². The second kappa shape index (κ2) is 4.31. The standard InChI is InChI=1S/C15H15N3O/c1-9-3-5-11(6-4-9)13-14(17-18-15(13)16)12-7-10(2)19-8-12/h3-8H,1-2H3,(H3,16,17,18). The van der Waals surface area contributed by atoms with E-state index >= 15 is 0 Å². The highest BCUT2D eigenvalue weighted by molar-refractivity contribution is 5.87. The molecule has 0 radical (unpaired) electrons. The molecule has 2 aromatic heterocycles. The predicted molar refractivity (Wildman–Crippen MR) is 75.6 cm³/mol. The third-order valence-electron chi connectivity index (χ3n) is 3.15. The molecule has 2 heterocycles. The van der Waals surface area contributed by atoms with Crippen LogP contribution >= 0.6 is 0 Å². The zero-order valence-electron chi connectivity index (χ0n) is 10.9. The van der Waals surface area contributed by atoms with Gasteiger partial charge in [-0.1, -0.05) is 29.8 Å². The molecule has 0 aliphatic rings. The van der Waals surface area contributed by atoms with E-state index in [1.807, 2.05) is 25.1 Å². The second-order valence-corrected chi connectivity index (χ2v) is 4.67. The monoisotopic (exact) mass is 253 g/mol. The fourth-order valence-electron chi connectivity index (χ4n) is 2.15. The first-order valence-corrected chi connectivity index (χ1v) is 6.11. The van der Waals surface area contributed by atoms with Gasteiger partial charge in [0.15, 0.2) is 5.82 Å². The average Bonchev–Trinajstić information content (AvgIpc) is 2.97. The molecule has 3 aromatic rings. The van der Waals surface area contributed by atoms with Crippen LogP contribution < -0.4 is 5.73 Å². The lowest BCUT2D eigenvalue weighted by molar-refractivity contribution is 0.535. The number of nitrogens with two attached hydrogens (primary N) is 1. The maximum atomic E-state index is 5.98. The van der Waals surface area contributed by atoms with Crippen LogP contribution in [0.15, 0.2) is 41.0 Å². The molecule has 0 aliphatic carbocycles. The summed E-state index contributed by atoms with van der Waals surface area (Å²) in [5.74, 6) is 1.36. The van der Waals surface area contributed by atoms with Crippen molar-refractivity contribution in [1.29, 1.82) is 0 Å². The van der Waals surface area contributed by atoms with Crippen LogP contribution in [0.3, 0.4) is 0 Å². The van der Waals surface area contributed by atoms with Crippen LogP contribution in [0.5, 0.6) is 0 Å². The number of H-pyrrole nitrogens is 1. The summed E-state index contributed by atoms with van der Waals surface area (Å²) in [6.07, 6.45) is 1.71. The summed E-state index contributed by atoms with van der Waals surface area (Å²) in [7, 11) is 0. The van der Waals surface area contributed by atoms with Crippen molar-refractivity contribution in [2.45, 2.75) is 13.8 Å². The fourth-order valence-corrected chi connectivity index (χ4v) is 2.15. The lowest BCUT2D eigenvalue weighted by Crippen LogP contribution is -1.88. The zero-order chi connectivity index (χ0) is 13.4. The van der Waals surface area contributed by atoms with E-state index in [2.05, 4.69) is 29.3 Å². The quantitative estimate of drug-likeness (QED) is 0.734. The third-order valence-corrected chi connectivity index (χ3v) is 3.15. The number of rotatable bonds is 2. The van der Waals surface area contributed by atoms with Gasteiger partial charge in [-0.25, -0.2) is 0 Å². The minimum Gasteiger partial charge on any atom is -0.469 e. The molecule has 0 saturated carbocycles. The third kappa shape index (κ3) is 2.01. The number of anilines is 1. The van der Waals surface area contributed by atoms with E-state index in [0.29, 0.717) is 5.82 Å². The highest BCUT2D eigenvalue weighted by atomic mass is 16.3. The Hall–Kier alpha value is -2.49. The first kappa shape index (κ1) is 11.6. The van der Waals surface area contributed by atoms with Gasteiger partial charge in [0.25, 0.3) is 0 Å². The number of nitrogens with one attached hydrogen (secondary N) is 1. The van der Waals surface area contributed by atoms with Crippen molar-refractivity contribution in [3.63, 3.8) is 0 Å². The largest absolute Gasteiger partial charge is 0.469 e. The predicted octanol–water partition coefficient (Wildman–Crippen LogP) is 3.54. The molecule has 1 aromatic carbocycles. The first-order valence-electron chi connectivity index (χ1n) is 6.11. The Balaban J connectivity index is 2.16. The molecule has 19 heavy (non-hydrogen) atoms. The molecule has 0 amide bonds. The molecule has 0 atom stereocenters. The van der Waals surface area contributed by atoms with Crippen LogP contribution in [0.1, 0.15) is 11.3 Å². The van der Waals surface area contributed by atoms with Gasteiger partial charge in [0, 0.05) is 5.56 Å². The van der Waals surface area contributed by atoms with Crippen molar-refractivity contribution in [1.82, 2.24) is 10.2 Å². The molecule has 3 rings (SSSR count). The van der Waals surface area contributed by atoms with E-state index in [1.165, 1.54) is 5.56 Å². The number of aromatic amines is 1. The Morgan fingerprint density at radius 2 is 1.84 bits per heavy atom. The summed E-state index contributed by atoms with van der Waals surface area (Å²) in [5, 5.41) is 7.09. The molecule has 4 nitrogen and oxygen atoms in total. The Kier molecular flexibility index (Phi) is 2.63. The summed E-state index contributed by atoms with van der Waals surface area (Å²) < 4.78 is 5.35. The van der Waals surface area contributed by atoms with Crippen LogP contribution in [0, 0.1) is 13.8 Å². The summed E-state index contributed by atoms with van der Waals surface area (Å²) in [4.78, 5) is 0. The van der Waals surface area contributed by atoms with Crippen molar-refractivity contribution in [3.8, 4) is 22.4 Å². The molecule has 96 valence electrons. The highest BCUT2D eigenvalue weighted by Crippen LogP contribution is 2.35. The molecule has 0 fully saturated rings. The van der Waals surface area contributed by atoms with Gasteiger partial charge in [-0.15, -0.1) is 0 Å². The van der Waals surface area contributed by atoms with Gasteiger partial charge in [0.2, 0.25) is 0 Å². The molecule has 0 unspecified atom stereocenters. The summed E-state index contributed by atoms with van der Waals surface area (Å²) in [6.45, 7) is 3.97. The highest BCUT2D eigenvalue weighted by Gasteiger charge is 2.15. The maximum Gasteiger partial charge on any atom is 0.153 e. The lowest BCUT2D eigenvalue weighted by atomic mass is 10.0. The zero-order valence-corrected chi connectivity index (χ0v) is 10.9. The van der Waals surface area contributed by atoms with Crippen molar-refractivity contribution in [2.24, 2.45) is 0 Å². The van der Waals surface area contributed by atoms with E-state index in [0.717, 1.165) is 28.1 Å². The maximum absolute atomic E-state index is 5.98. The van der Waals surface area contributed by atoms with Gasteiger partial charge in [-0.3, -0.25) is 5.10 Å². The van der Waals surface area contributed by atoms with Crippen LogP contribution in [-0.2, 0) is 0 Å². The van der Waals surface area contributed by atoms with Crippen LogP contribution in [-0.4, -0.2) is 10.2 Å². The number of nitrogens with zero attached hydrogens (tertiary/aromatic N) is 1. The van der Waals surface area contributed by atoms with E-state index in [9.17, 15) is 0 Å². The molecule has 0 bridgehead atoms. The Labute approximate surface area is 111 Å². The molecule has 0 aliphatic heterocycles. The number of hydrogen-bond donors (Lipinski definition) is 2. The minimum atomic E-state index is 0.498. The molecular formula is C15H15N3O. The molecule has 0 spiro atoms. The van der Waals surface area contributed by atoms with Gasteiger partial charge in [0.05, 0.1) is 11.3 Å². The number of aryl methyl sites for hydroxylation is 2. The number of hydrogen-bond acceptors (Lipinski definition) is 3. The minimum absolute atomic E-state index is 0.498. The smallest absolute Gasteiger partial charge is 0.153 e. The van der Waals surface area contributed by atoms with Crippen LogP contribution in [0.4, 0.5) is 5.82 Å². The van der Waals surface area contributed by atoms with Gasteiger partial charge < -0.3 is 10.2 Å². The van der Waals surface area contributed by atoms with Crippen molar-refractivity contribution >= 4 is 5.82 Å². The molecule has 4 heteroatoms. The van der Waals surface area contributed by atoms with E-state index in [1.54, 1.807) is 6.26 Å². The second-order valence-electron chi connectivity index (χ2n) is 4.67. The first-order chi connectivity index (χ1) is 9.15. The Bertz CT molecular complexity index is 707. The van der Waals surface area contributed by atoms with Gasteiger partial charge >= 0.3 is 0 Å². The van der Waals surface area contributed by atoms with Crippen LogP contribution in [0.25, 0.3) is 22.4 Å². The Morgan fingerprint density at radius 1 is 1.11 bits per heavy atom. The van der Waals surface area contributed by atoms with E-state index in [-0.39, 0.29) is 0 Å².